The van der Waals surface area contributed by atoms with Crippen LogP contribution >= 0.6 is 0 Å². The molecule has 17 heavy (non-hydrogen) atoms. The number of ether oxygens (including phenoxy) is 3. The van der Waals surface area contributed by atoms with Gasteiger partial charge in [0.15, 0.2) is 0 Å². The van der Waals surface area contributed by atoms with Gasteiger partial charge in [0.25, 0.3) is 0 Å². The Balaban J connectivity index is 3.37. The average molecular weight is 248 g/mol. The van der Waals surface area contributed by atoms with Gasteiger partial charge in [-0.2, -0.15) is 0 Å². The summed E-state index contributed by atoms with van der Waals surface area (Å²) in [5.41, 5.74) is 0. The van der Waals surface area contributed by atoms with Gasteiger partial charge in [-0.05, 0) is 13.3 Å². The van der Waals surface area contributed by atoms with E-state index in [0.29, 0.717) is 19.8 Å². The van der Waals surface area contributed by atoms with E-state index in [1.54, 1.807) is 0 Å². The van der Waals surface area contributed by atoms with E-state index in [4.69, 9.17) is 19.3 Å². The number of esters is 1. The third kappa shape index (κ3) is 9.09. The van der Waals surface area contributed by atoms with Crippen molar-refractivity contribution in [3.63, 3.8) is 0 Å². The topological polar surface area (TPSA) is 65.0 Å². The van der Waals surface area contributed by atoms with Crippen molar-refractivity contribution in [2.45, 2.75) is 33.3 Å². The molecule has 0 aliphatic rings. The zero-order valence-electron chi connectivity index (χ0n) is 11.0. The summed E-state index contributed by atoms with van der Waals surface area (Å²) in [5, 5.41) is 8.54. The lowest BCUT2D eigenvalue weighted by Crippen LogP contribution is -2.21. The molecule has 0 amide bonds. The normalized spacial score (nSPS) is 14.4. The molecule has 5 heteroatoms. The Bertz CT molecular complexity index is 195. The number of aliphatic hydroxyl groups is 1. The highest BCUT2D eigenvalue weighted by Crippen LogP contribution is 2.02. The van der Waals surface area contributed by atoms with E-state index in [1.165, 1.54) is 0 Å². The molecule has 0 aromatic heterocycles. The summed E-state index contributed by atoms with van der Waals surface area (Å²) < 4.78 is 15.5. The second-order valence-corrected chi connectivity index (χ2v) is 3.96. The van der Waals surface area contributed by atoms with Crippen molar-refractivity contribution < 1.29 is 24.1 Å². The molecule has 0 spiro atoms. The van der Waals surface area contributed by atoms with Crippen molar-refractivity contribution in [3.8, 4) is 0 Å². The van der Waals surface area contributed by atoms with Crippen LogP contribution in [0.3, 0.4) is 0 Å². The van der Waals surface area contributed by atoms with Gasteiger partial charge < -0.3 is 19.3 Å². The van der Waals surface area contributed by atoms with E-state index in [0.717, 1.165) is 6.42 Å². The molecule has 0 aromatic rings. The van der Waals surface area contributed by atoms with Crippen molar-refractivity contribution in [3.05, 3.63) is 0 Å². The van der Waals surface area contributed by atoms with Gasteiger partial charge in [0, 0.05) is 0 Å². The largest absolute Gasteiger partial charge is 0.463 e. The van der Waals surface area contributed by atoms with E-state index in [-0.39, 0.29) is 31.2 Å². The van der Waals surface area contributed by atoms with Crippen molar-refractivity contribution >= 4 is 5.97 Å². The summed E-state index contributed by atoms with van der Waals surface area (Å²) in [4.78, 5) is 11.3. The second-order valence-electron chi connectivity index (χ2n) is 3.96. The minimum atomic E-state index is -0.180. The number of rotatable bonds is 10. The molecule has 0 fully saturated rings. The number of carbonyl (C=O) groups excluding carboxylic acids is 1. The quantitative estimate of drug-likeness (QED) is 0.461. The van der Waals surface area contributed by atoms with E-state index in [9.17, 15) is 4.79 Å². The predicted octanol–water partition coefficient (Wildman–Crippen LogP) is 0.990. The lowest BCUT2D eigenvalue weighted by molar-refractivity contribution is -0.150. The molecular weight excluding hydrogens is 224 g/mol. The molecule has 0 aliphatic heterocycles. The van der Waals surface area contributed by atoms with Crippen LogP contribution in [0.15, 0.2) is 0 Å². The van der Waals surface area contributed by atoms with Crippen LogP contribution in [0.5, 0.6) is 0 Å². The molecule has 0 heterocycles. The monoisotopic (exact) mass is 248 g/mol. The van der Waals surface area contributed by atoms with Crippen LogP contribution in [0.2, 0.25) is 0 Å². The zero-order valence-corrected chi connectivity index (χ0v) is 11.0. The van der Waals surface area contributed by atoms with Gasteiger partial charge in [-0.3, -0.25) is 4.79 Å². The first-order valence-electron chi connectivity index (χ1n) is 6.08. The molecular formula is C12H24O5. The lowest BCUT2D eigenvalue weighted by Gasteiger charge is -2.13. The first-order chi connectivity index (χ1) is 8.11. The van der Waals surface area contributed by atoms with Gasteiger partial charge in [0.1, 0.15) is 6.61 Å². The molecule has 0 aromatic carbocycles. The zero-order chi connectivity index (χ0) is 13.1. The molecule has 5 nitrogen and oxygen atoms in total. The van der Waals surface area contributed by atoms with Gasteiger partial charge in [-0.15, -0.1) is 0 Å². The third-order valence-corrected chi connectivity index (χ3v) is 2.33. The fourth-order valence-electron chi connectivity index (χ4n) is 1.06. The molecule has 2 unspecified atom stereocenters. The summed E-state index contributed by atoms with van der Waals surface area (Å²) in [5.74, 6) is -0.234. The molecule has 0 aliphatic carbocycles. The number of hydrogen-bond donors (Lipinski definition) is 1. The maximum absolute atomic E-state index is 11.3. The summed E-state index contributed by atoms with van der Waals surface area (Å²) >= 11 is 0. The number of hydrogen-bond acceptors (Lipinski definition) is 5. The standard InChI is InChI=1S/C12H24O5/c1-4-10(2)12(14)17-8-7-15-9-11(3)16-6-5-13/h10-11,13H,4-9H2,1-3H3. The summed E-state index contributed by atoms with van der Waals surface area (Å²) in [6.45, 7) is 7.05. The van der Waals surface area contributed by atoms with E-state index < -0.39 is 0 Å². The predicted molar refractivity (Wildman–Crippen MR) is 63.7 cm³/mol. The summed E-state index contributed by atoms with van der Waals surface area (Å²) in [6.07, 6.45) is 0.721. The van der Waals surface area contributed by atoms with E-state index in [1.807, 2.05) is 20.8 Å². The Kier molecular flexibility index (Phi) is 10.1. The summed E-state index contributed by atoms with van der Waals surface area (Å²) in [6, 6.07) is 0. The van der Waals surface area contributed by atoms with Crippen LogP contribution in [-0.2, 0) is 19.0 Å². The fourth-order valence-corrected chi connectivity index (χ4v) is 1.06. The van der Waals surface area contributed by atoms with Crippen LogP contribution < -0.4 is 0 Å². The Labute approximate surface area is 103 Å². The molecule has 0 radical (unpaired) electrons. The SMILES string of the molecule is CCC(C)C(=O)OCCOCC(C)OCCO. The maximum Gasteiger partial charge on any atom is 0.308 e. The van der Waals surface area contributed by atoms with Gasteiger partial charge in [-0.25, -0.2) is 0 Å². The van der Waals surface area contributed by atoms with Gasteiger partial charge >= 0.3 is 5.97 Å². The molecule has 0 bridgehead atoms. The minimum Gasteiger partial charge on any atom is -0.463 e. The second kappa shape index (κ2) is 10.5. The highest BCUT2D eigenvalue weighted by Gasteiger charge is 2.11. The average Bonchev–Trinajstić information content (AvgIpc) is 2.34. The first-order valence-corrected chi connectivity index (χ1v) is 6.08. The van der Waals surface area contributed by atoms with Gasteiger partial charge in [-0.1, -0.05) is 13.8 Å². The lowest BCUT2D eigenvalue weighted by atomic mass is 10.1. The van der Waals surface area contributed by atoms with Crippen LogP contribution in [0, 0.1) is 5.92 Å². The molecule has 1 N–H and O–H groups in total. The molecule has 0 saturated heterocycles. The molecule has 2 atom stereocenters. The van der Waals surface area contributed by atoms with Crippen molar-refractivity contribution in [2.24, 2.45) is 5.92 Å². The highest BCUT2D eigenvalue weighted by atomic mass is 16.6. The van der Waals surface area contributed by atoms with Crippen LogP contribution in [-0.4, -0.2) is 50.2 Å². The highest BCUT2D eigenvalue weighted by molar-refractivity contribution is 5.71. The molecule has 102 valence electrons. The van der Waals surface area contributed by atoms with Crippen LogP contribution in [0.1, 0.15) is 27.2 Å². The van der Waals surface area contributed by atoms with E-state index in [2.05, 4.69) is 0 Å². The smallest absolute Gasteiger partial charge is 0.308 e. The van der Waals surface area contributed by atoms with Crippen LogP contribution in [0.4, 0.5) is 0 Å². The Morgan fingerprint density at radius 2 is 1.94 bits per heavy atom. The fraction of sp³-hybridized carbons (Fsp3) is 0.917. The Hall–Kier alpha value is -0.650. The van der Waals surface area contributed by atoms with E-state index >= 15 is 0 Å². The van der Waals surface area contributed by atoms with Crippen LogP contribution in [0.25, 0.3) is 0 Å². The van der Waals surface area contributed by atoms with Gasteiger partial charge in [0.2, 0.25) is 0 Å². The molecule has 0 saturated carbocycles. The first kappa shape index (κ1) is 16.4. The van der Waals surface area contributed by atoms with Crippen molar-refractivity contribution in [1.82, 2.24) is 0 Å². The van der Waals surface area contributed by atoms with Gasteiger partial charge in [0.05, 0.1) is 38.4 Å². The Morgan fingerprint density at radius 3 is 2.53 bits per heavy atom. The molecule has 0 rings (SSSR count). The summed E-state index contributed by atoms with van der Waals surface area (Å²) in [7, 11) is 0. The van der Waals surface area contributed by atoms with Crippen molar-refractivity contribution in [2.75, 3.05) is 33.0 Å². The number of carbonyl (C=O) groups is 1. The minimum absolute atomic E-state index is 0.0108. The third-order valence-electron chi connectivity index (χ3n) is 2.33. The van der Waals surface area contributed by atoms with Crippen molar-refractivity contribution in [1.29, 1.82) is 0 Å². The maximum atomic E-state index is 11.3. The number of aliphatic hydroxyl groups excluding tert-OH is 1. The Morgan fingerprint density at radius 1 is 1.24 bits per heavy atom.